The number of aryl methyl sites for hydroxylation is 1. The van der Waals surface area contributed by atoms with E-state index in [0.29, 0.717) is 0 Å². The molecule has 0 spiro atoms. The standard InChI is InChI=1S/C19H24S/c1-2-3-4-6-15-8-9-17-14-18(11-10-16(17)13-15)19-7-5-12-20-19/h8-11,13-14,19H,2-7,12H2,1H3. The van der Waals surface area contributed by atoms with Crippen LogP contribution in [-0.4, -0.2) is 5.75 Å². The van der Waals surface area contributed by atoms with Crippen molar-refractivity contribution in [2.45, 2.75) is 50.7 Å². The highest BCUT2D eigenvalue weighted by atomic mass is 32.2. The summed E-state index contributed by atoms with van der Waals surface area (Å²) >= 11 is 2.12. The minimum absolute atomic E-state index is 0.739. The minimum atomic E-state index is 0.739. The van der Waals surface area contributed by atoms with Gasteiger partial charge in [-0.3, -0.25) is 0 Å². The van der Waals surface area contributed by atoms with E-state index < -0.39 is 0 Å². The molecule has 1 heteroatoms. The Kier molecular flexibility index (Phi) is 4.67. The summed E-state index contributed by atoms with van der Waals surface area (Å²) in [6.45, 7) is 2.27. The molecule has 0 bridgehead atoms. The van der Waals surface area contributed by atoms with Crippen LogP contribution in [0.2, 0.25) is 0 Å². The first-order valence-electron chi connectivity index (χ1n) is 8.01. The van der Waals surface area contributed by atoms with Crippen LogP contribution in [0.4, 0.5) is 0 Å². The van der Waals surface area contributed by atoms with Crippen LogP contribution in [0.5, 0.6) is 0 Å². The molecule has 0 N–H and O–H groups in total. The summed E-state index contributed by atoms with van der Waals surface area (Å²) in [4.78, 5) is 0. The fraction of sp³-hybridized carbons (Fsp3) is 0.474. The van der Waals surface area contributed by atoms with Gasteiger partial charge in [0.15, 0.2) is 0 Å². The fourth-order valence-electron chi connectivity index (χ4n) is 3.09. The van der Waals surface area contributed by atoms with Gasteiger partial charge in [0.25, 0.3) is 0 Å². The zero-order valence-corrected chi connectivity index (χ0v) is 13.2. The van der Waals surface area contributed by atoms with Gasteiger partial charge in [-0.25, -0.2) is 0 Å². The van der Waals surface area contributed by atoms with E-state index in [-0.39, 0.29) is 0 Å². The lowest BCUT2D eigenvalue weighted by Crippen LogP contribution is -1.90. The van der Waals surface area contributed by atoms with E-state index in [1.807, 2.05) is 0 Å². The van der Waals surface area contributed by atoms with Crippen molar-refractivity contribution in [2.24, 2.45) is 0 Å². The quantitative estimate of drug-likeness (QED) is 0.594. The largest absolute Gasteiger partial charge is 0.154 e. The van der Waals surface area contributed by atoms with E-state index in [1.54, 1.807) is 0 Å². The Balaban J connectivity index is 1.79. The molecule has 2 aromatic carbocycles. The van der Waals surface area contributed by atoms with Crippen LogP contribution in [0.3, 0.4) is 0 Å². The predicted octanol–water partition coefficient (Wildman–Crippen LogP) is 6.14. The van der Waals surface area contributed by atoms with Crippen LogP contribution in [0.15, 0.2) is 36.4 Å². The first kappa shape index (κ1) is 14.0. The lowest BCUT2D eigenvalue weighted by molar-refractivity contribution is 0.718. The second kappa shape index (κ2) is 6.67. The first-order valence-corrected chi connectivity index (χ1v) is 9.06. The maximum absolute atomic E-state index is 2.41. The summed E-state index contributed by atoms with van der Waals surface area (Å²) in [6.07, 6.45) is 7.92. The van der Waals surface area contributed by atoms with Gasteiger partial charge in [0, 0.05) is 5.25 Å². The molecule has 106 valence electrons. The van der Waals surface area contributed by atoms with Crippen LogP contribution in [0.1, 0.15) is 55.4 Å². The van der Waals surface area contributed by atoms with Crippen molar-refractivity contribution in [3.8, 4) is 0 Å². The highest BCUT2D eigenvalue weighted by Gasteiger charge is 2.17. The number of thioether (sulfide) groups is 1. The Bertz CT molecular complexity index is 567. The molecule has 0 nitrogen and oxygen atoms in total. The van der Waals surface area contributed by atoms with Gasteiger partial charge in [0.05, 0.1) is 0 Å². The SMILES string of the molecule is CCCCCc1ccc2cc(C3CCCS3)ccc2c1. The van der Waals surface area contributed by atoms with E-state index in [9.17, 15) is 0 Å². The number of rotatable bonds is 5. The normalized spacial score (nSPS) is 18.8. The maximum Gasteiger partial charge on any atom is 0.0297 e. The summed E-state index contributed by atoms with van der Waals surface area (Å²) in [7, 11) is 0. The number of unbranched alkanes of at least 4 members (excludes halogenated alkanes) is 2. The van der Waals surface area contributed by atoms with Crippen LogP contribution in [0.25, 0.3) is 10.8 Å². The molecule has 1 fully saturated rings. The highest BCUT2D eigenvalue weighted by Crippen LogP contribution is 2.40. The lowest BCUT2D eigenvalue weighted by Gasteiger charge is -2.11. The first-order chi connectivity index (χ1) is 9.86. The molecule has 0 saturated carbocycles. The van der Waals surface area contributed by atoms with Gasteiger partial charge in [0.1, 0.15) is 0 Å². The van der Waals surface area contributed by atoms with Gasteiger partial charge in [-0.2, -0.15) is 11.8 Å². The molecule has 1 atom stereocenters. The third-order valence-corrected chi connectivity index (χ3v) is 5.73. The van der Waals surface area contributed by atoms with E-state index >= 15 is 0 Å². The number of hydrogen-bond donors (Lipinski definition) is 0. The van der Waals surface area contributed by atoms with E-state index in [4.69, 9.17) is 0 Å². The summed E-state index contributed by atoms with van der Waals surface area (Å²) in [5.74, 6) is 1.33. The van der Waals surface area contributed by atoms with Crippen molar-refractivity contribution in [3.05, 3.63) is 47.5 Å². The summed E-state index contributed by atoms with van der Waals surface area (Å²) in [5, 5.41) is 3.56. The van der Waals surface area contributed by atoms with Gasteiger partial charge in [0.2, 0.25) is 0 Å². The summed E-state index contributed by atoms with van der Waals surface area (Å²) < 4.78 is 0. The maximum atomic E-state index is 2.41. The van der Waals surface area contributed by atoms with Crippen molar-refractivity contribution < 1.29 is 0 Å². The van der Waals surface area contributed by atoms with Crippen LogP contribution >= 0.6 is 11.8 Å². The zero-order valence-electron chi connectivity index (χ0n) is 12.4. The Morgan fingerprint density at radius 1 is 1.05 bits per heavy atom. The molecule has 1 heterocycles. The monoisotopic (exact) mass is 284 g/mol. The van der Waals surface area contributed by atoms with Gasteiger partial charge < -0.3 is 0 Å². The molecule has 0 radical (unpaired) electrons. The van der Waals surface area contributed by atoms with Crippen molar-refractivity contribution in [1.82, 2.24) is 0 Å². The predicted molar refractivity (Wildman–Crippen MR) is 91.6 cm³/mol. The van der Waals surface area contributed by atoms with E-state index in [2.05, 4.69) is 55.1 Å². The van der Waals surface area contributed by atoms with Crippen molar-refractivity contribution >= 4 is 22.5 Å². The second-order valence-electron chi connectivity index (χ2n) is 5.90. The Labute approximate surface area is 127 Å². The molecule has 20 heavy (non-hydrogen) atoms. The van der Waals surface area contributed by atoms with Crippen LogP contribution < -0.4 is 0 Å². The van der Waals surface area contributed by atoms with Crippen molar-refractivity contribution in [1.29, 1.82) is 0 Å². The number of hydrogen-bond acceptors (Lipinski definition) is 1. The third-order valence-electron chi connectivity index (χ3n) is 4.30. The molecule has 1 saturated heterocycles. The van der Waals surface area contributed by atoms with Crippen molar-refractivity contribution in [2.75, 3.05) is 5.75 Å². The average molecular weight is 284 g/mol. The molecule has 0 amide bonds. The Morgan fingerprint density at radius 3 is 2.70 bits per heavy atom. The Hall–Kier alpha value is -0.950. The average Bonchev–Trinajstić information content (AvgIpc) is 3.01. The molecule has 2 aromatic rings. The van der Waals surface area contributed by atoms with Gasteiger partial charge in [-0.15, -0.1) is 0 Å². The topological polar surface area (TPSA) is 0 Å². The summed E-state index contributed by atoms with van der Waals surface area (Å²) in [5.41, 5.74) is 3.02. The van der Waals surface area contributed by atoms with Gasteiger partial charge in [-0.05, 0) is 53.3 Å². The smallest absolute Gasteiger partial charge is 0.0297 e. The summed E-state index contributed by atoms with van der Waals surface area (Å²) in [6, 6.07) is 14.1. The van der Waals surface area contributed by atoms with E-state index in [1.165, 1.54) is 66.2 Å². The van der Waals surface area contributed by atoms with Gasteiger partial charge >= 0.3 is 0 Å². The van der Waals surface area contributed by atoms with Gasteiger partial charge in [-0.1, -0.05) is 56.2 Å². The molecule has 1 aliphatic heterocycles. The molecule has 1 unspecified atom stereocenters. The zero-order chi connectivity index (χ0) is 13.8. The van der Waals surface area contributed by atoms with Crippen LogP contribution in [-0.2, 0) is 6.42 Å². The van der Waals surface area contributed by atoms with Crippen molar-refractivity contribution in [3.63, 3.8) is 0 Å². The number of fused-ring (bicyclic) bond motifs is 1. The molecular weight excluding hydrogens is 260 g/mol. The molecule has 3 rings (SSSR count). The highest BCUT2D eigenvalue weighted by molar-refractivity contribution is 7.99. The molecule has 0 aliphatic carbocycles. The Morgan fingerprint density at radius 2 is 1.90 bits per heavy atom. The number of benzene rings is 2. The molecule has 1 aliphatic rings. The fourth-order valence-corrected chi connectivity index (χ4v) is 4.38. The molecule has 0 aromatic heterocycles. The second-order valence-corrected chi connectivity index (χ2v) is 7.21. The third kappa shape index (κ3) is 3.20. The van der Waals surface area contributed by atoms with Crippen LogP contribution in [0, 0.1) is 0 Å². The van der Waals surface area contributed by atoms with E-state index in [0.717, 1.165) is 5.25 Å². The minimum Gasteiger partial charge on any atom is -0.154 e. The lowest BCUT2D eigenvalue weighted by atomic mass is 9.99. The molecular formula is C19H24S.